The van der Waals surface area contributed by atoms with E-state index in [9.17, 15) is 18.3 Å². The molecular weight excluding hydrogens is 479 g/mol. The Bertz CT molecular complexity index is 1040. The number of unbranched alkanes of at least 4 members (excludes halogenated alkanes) is 2. The SMILES string of the molecule is CCc1cc(-c2ccc(C(F)(F)F)cc2)c(O)cc1OCCCCCC(C)(C)c1nn[nH]n1.[Na].[Na]. The van der Waals surface area contributed by atoms with Crippen molar-refractivity contribution in [2.45, 2.75) is 64.5 Å². The Balaban J connectivity index is 0.00000306. The topological polar surface area (TPSA) is 83.9 Å². The molecule has 0 unspecified atom stereocenters. The molecule has 2 radical (unpaired) electrons. The van der Waals surface area contributed by atoms with E-state index in [0.717, 1.165) is 43.4 Å². The van der Waals surface area contributed by atoms with Crippen molar-refractivity contribution in [3.63, 3.8) is 0 Å². The predicted octanol–water partition coefficient (Wildman–Crippen LogP) is 5.31. The van der Waals surface area contributed by atoms with Crippen LogP contribution in [0.15, 0.2) is 36.4 Å². The third-order valence-corrected chi connectivity index (χ3v) is 5.74. The van der Waals surface area contributed by atoms with Gasteiger partial charge < -0.3 is 9.84 Å². The van der Waals surface area contributed by atoms with Crippen LogP contribution < -0.4 is 4.74 Å². The van der Waals surface area contributed by atoms with E-state index in [2.05, 4.69) is 34.5 Å². The first-order valence-corrected chi connectivity index (χ1v) is 11.0. The minimum absolute atomic E-state index is 0. The molecule has 0 bridgehead atoms. The molecule has 0 atom stereocenters. The molecule has 3 rings (SSSR count). The van der Waals surface area contributed by atoms with Gasteiger partial charge in [-0.2, -0.15) is 18.4 Å². The van der Waals surface area contributed by atoms with Gasteiger partial charge in [-0.3, -0.25) is 0 Å². The van der Waals surface area contributed by atoms with Gasteiger partial charge in [0.05, 0.1) is 12.2 Å². The number of nitrogens with zero attached hydrogens (tertiary/aromatic N) is 3. The van der Waals surface area contributed by atoms with Crippen LogP contribution in [0.2, 0.25) is 0 Å². The van der Waals surface area contributed by atoms with E-state index in [1.54, 1.807) is 12.1 Å². The smallest absolute Gasteiger partial charge is 0.416 e. The number of ether oxygens (including phenoxy) is 1. The predicted molar refractivity (Wildman–Crippen MR) is 131 cm³/mol. The molecule has 0 amide bonds. The van der Waals surface area contributed by atoms with Crippen LogP contribution in [0, 0.1) is 0 Å². The Labute approximate surface area is 248 Å². The number of tetrazole rings is 1. The minimum atomic E-state index is -4.39. The Morgan fingerprint density at radius 2 is 1.69 bits per heavy atom. The Morgan fingerprint density at radius 1 is 1.00 bits per heavy atom. The van der Waals surface area contributed by atoms with Crippen molar-refractivity contribution >= 4 is 59.1 Å². The number of rotatable bonds is 10. The number of aromatic hydroxyl groups is 1. The summed E-state index contributed by atoms with van der Waals surface area (Å²) in [6, 6.07) is 8.10. The van der Waals surface area contributed by atoms with Crippen LogP contribution in [0.3, 0.4) is 0 Å². The number of nitrogens with one attached hydrogen (secondary N) is 1. The van der Waals surface area contributed by atoms with Crippen LogP contribution >= 0.6 is 0 Å². The zero-order valence-corrected chi connectivity index (χ0v) is 25.0. The summed E-state index contributed by atoms with van der Waals surface area (Å²) in [6.45, 7) is 6.65. The Morgan fingerprint density at radius 3 is 2.26 bits per heavy atom. The zero-order chi connectivity index (χ0) is 24.1. The molecule has 0 fully saturated rings. The van der Waals surface area contributed by atoms with Crippen molar-refractivity contribution in [1.29, 1.82) is 0 Å². The van der Waals surface area contributed by atoms with Crippen LogP contribution in [-0.4, -0.2) is 91.5 Å². The summed E-state index contributed by atoms with van der Waals surface area (Å²) in [6.07, 6.45) is 0.0159. The third-order valence-electron chi connectivity index (χ3n) is 5.74. The van der Waals surface area contributed by atoms with Crippen LogP contribution in [0.1, 0.15) is 63.4 Å². The maximum absolute atomic E-state index is 12.8. The van der Waals surface area contributed by atoms with Gasteiger partial charge in [0.1, 0.15) is 11.5 Å². The largest absolute Gasteiger partial charge is 0.507 e. The molecule has 0 spiro atoms. The average Bonchev–Trinajstić information content (AvgIpc) is 3.32. The van der Waals surface area contributed by atoms with E-state index < -0.39 is 11.7 Å². The number of hydrogen-bond acceptors (Lipinski definition) is 5. The van der Waals surface area contributed by atoms with E-state index in [4.69, 9.17) is 4.74 Å². The van der Waals surface area contributed by atoms with Gasteiger partial charge in [0.25, 0.3) is 0 Å². The van der Waals surface area contributed by atoms with E-state index in [1.807, 2.05) is 6.92 Å². The van der Waals surface area contributed by atoms with Crippen molar-refractivity contribution in [2.24, 2.45) is 0 Å². The molecule has 2 aromatic carbocycles. The second-order valence-corrected chi connectivity index (χ2v) is 8.68. The number of aromatic amines is 1. The molecule has 3 aromatic rings. The number of aryl methyl sites for hydroxylation is 1. The van der Waals surface area contributed by atoms with Gasteiger partial charge in [0.15, 0.2) is 5.82 Å². The fourth-order valence-corrected chi connectivity index (χ4v) is 3.68. The number of aromatic nitrogens is 4. The molecule has 0 aliphatic heterocycles. The number of alkyl halides is 3. The Kier molecular flexibility index (Phi) is 12.8. The molecule has 180 valence electrons. The molecule has 2 N–H and O–H groups in total. The molecule has 1 heterocycles. The average molecular weight is 508 g/mol. The fraction of sp³-hybridized carbons (Fsp3) is 0.458. The van der Waals surface area contributed by atoms with E-state index in [1.165, 1.54) is 12.1 Å². The summed E-state index contributed by atoms with van der Waals surface area (Å²) < 4.78 is 44.4. The molecular formula is C24H29F3N4Na2O2. The summed E-state index contributed by atoms with van der Waals surface area (Å²) in [5.74, 6) is 1.27. The molecule has 0 saturated heterocycles. The van der Waals surface area contributed by atoms with E-state index >= 15 is 0 Å². The van der Waals surface area contributed by atoms with Gasteiger partial charge in [-0.1, -0.05) is 51.0 Å². The molecule has 0 saturated carbocycles. The number of H-pyrrole nitrogens is 1. The summed E-state index contributed by atoms with van der Waals surface area (Å²) in [5.41, 5.74) is 1.02. The second kappa shape index (κ2) is 14.0. The van der Waals surface area contributed by atoms with Gasteiger partial charge in [-0.25, -0.2) is 0 Å². The van der Waals surface area contributed by atoms with Gasteiger partial charge in [-0.15, -0.1) is 10.2 Å². The van der Waals surface area contributed by atoms with Gasteiger partial charge in [0.2, 0.25) is 0 Å². The second-order valence-electron chi connectivity index (χ2n) is 8.68. The van der Waals surface area contributed by atoms with Crippen LogP contribution in [0.4, 0.5) is 13.2 Å². The number of halogens is 3. The number of benzene rings is 2. The standard InChI is InChI=1S/C24H29F3N4O2.2Na/c1-4-16-14-19(17-8-10-18(11-9-17)24(25,26)27)20(32)15-21(16)33-13-7-5-6-12-23(2,3)22-28-30-31-29-22;;/h8-11,14-15,32H,4-7,12-13H2,1-3H3,(H,28,29,30,31);;. The summed E-state index contributed by atoms with van der Waals surface area (Å²) >= 11 is 0. The Hall–Kier alpha value is -1.10. The first-order valence-electron chi connectivity index (χ1n) is 11.0. The van der Waals surface area contributed by atoms with Crippen LogP contribution in [0.5, 0.6) is 11.5 Å². The van der Waals surface area contributed by atoms with Crippen LogP contribution in [-0.2, 0) is 18.0 Å². The number of hydrogen-bond donors (Lipinski definition) is 2. The number of phenolic OH excluding ortho intramolecular Hbond substituents is 1. The van der Waals surface area contributed by atoms with Gasteiger partial charge in [0, 0.05) is 76.2 Å². The first-order chi connectivity index (χ1) is 15.6. The molecule has 6 nitrogen and oxygen atoms in total. The normalized spacial score (nSPS) is 11.5. The molecule has 11 heteroatoms. The van der Waals surface area contributed by atoms with Crippen LogP contribution in [0.25, 0.3) is 11.1 Å². The van der Waals surface area contributed by atoms with E-state index in [-0.39, 0.29) is 70.3 Å². The maximum Gasteiger partial charge on any atom is 0.416 e. The summed E-state index contributed by atoms with van der Waals surface area (Å²) in [4.78, 5) is 0. The fourth-order valence-electron chi connectivity index (χ4n) is 3.68. The summed E-state index contributed by atoms with van der Waals surface area (Å²) in [5, 5.41) is 24.7. The third kappa shape index (κ3) is 8.76. The molecule has 35 heavy (non-hydrogen) atoms. The summed E-state index contributed by atoms with van der Waals surface area (Å²) in [7, 11) is 0. The van der Waals surface area contributed by atoms with E-state index in [0.29, 0.717) is 35.7 Å². The molecule has 0 aliphatic carbocycles. The van der Waals surface area contributed by atoms with Gasteiger partial charge in [-0.05, 0) is 48.6 Å². The van der Waals surface area contributed by atoms with Crippen molar-refractivity contribution < 1.29 is 23.0 Å². The molecule has 1 aromatic heterocycles. The van der Waals surface area contributed by atoms with Crippen molar-refractivity contribution in [1.82, 2.24) is 20.6 Å². The van der Waals surface area contributed by atoms with Crippen molar-refractivity contribution in [3.8, 4) is 22.6 Å². The van der Waals surface area contributed by atoms with Crippen molar-refractivity contribution in [2.75, 3.05) is 6.61 Å². The van der Waals surface area contributed by atoms with Crippen molar-refractivity contribution in [3.05, 3.63) is 53.3 Å². The monoisotopic (exact) mass is 508 g/mol. The molecule has 0 aliphatic rings. The number of phenols is 1. The first kappa shape index (κ1) is 31.9. The minimum Gasteiger partial charge on any atom is -0.507 e. The van der Waals surface area contributed by atoms with Gasteiger partial charge >= 0.3 is 6.18 Å². The maximum atomic E-state index is 12.8. The zero-order valence-electron chi connectivity index (χ0n) is 21.0. The quantitative estimate of drug-likeness (QED) is 0.287.